The van der Waals surface area contributed by atoms with E-state index in [2.05, 4.69) is 10.6 Å². The molecule has 6 heteroatoms. The van der Waals surface area contributed by atoms with E-state index in [9.17, 15) is 14.7 Å². The van der Waals surface area contributed by atoms with Gasteiger partial charge in [-0.25, -0.2) is 9.59 Å². The van der Waals surface area contributed by atoms with Gasteiger partial charge in [-0.05, 0) is 18.9 Å². The van der Waals surface area contributed by atoms with Gasteiger partial charge in [-0.15, -0.1) is 0 Å². The number of carboxylic acids is 1. The number of carbonyl (C=O) groups is 2. The van der Waals surface area contributed by atoms with Gasteiger partial charge in [0.25, 0.3) is 0 Å². The fraction of sp³-hybridized carbons (Fsp3) is 0.467. The second-order valence-corrected chi connectivity index (χ2v) is 5.38. The number of benzene rings is 1. The van der Waals surface area contributed by atoms with Gasteiger partial charge in [0.15, 0.2) is 5.54 Å². The lowest BCUT2D eigenvalue weighted by molar-refractivity contribution is -0.144. The van der Waals surface area contributed by atoms with Gasteiger partial charge in [0.05, 0.1) is 6.61 Å². The normalized spacial score (nSPS) is 22.5. The smallest absolute Gasteiger partial charge is 0.332 e. The van der Waals surface area contributed by atoms with Crippen molar-refractivity contribution in [1.29, 1.82) is 0 Å². The molecule has 1 aromatic rings. The average Bonchev–Trinajstić information content (AvgIpc) is 2.89. The molecule has 2 atom stereocenters. The van der Waals surface area contributed by atoms with Gasteiger partial charge in [-0.1, -0.05) is 30.3 Å². The molecule has 1 aromatic carbocycles. The Morgan fingerprint density at radius 1 is 1.38 bits per heavy atom. The summed E-state index contributed by atoms with van der Waals surface area (Å²) in [5, 5.41) is 14.6. The van der Waals surface area contributed by atoms with Gasteiger partial charge in [0, 0.05) is 19.1 Å². The van der Waals surface area contributed by atoms with E-state index in [4.69, 9.17) is 4.74 Å². The zero-order chi connectivity index (χ0) is 15.3. The Balaban J connectivity index is 1.87. The predicted octanol–water partition coefficient (Wildman–Crippen LogP) is 1.16. The van der Waals surface area contributed by atoms with Crippen molar-refractivity contribution >= 4 is 12.0 Å². The van der Waals surface area contributed by atoms with Crippen LogP contribution in [0.1, 0.15) is 18.9 Å². The summed E-state index contributed by atoms with van der Waals surface area (Å²) in [6.07, 6.45) is 0.966. The van der Waals surface area contributed by atoms with Gasteiger partial charge in [0.1, 0.15) is 0 Å². The van der Waals surface area contributed by atoms with Crippen LogP contribution in [-0.4, -0.2) is 41.9 Å². The van der Waals surface area contributed by atoms with Crippen molar-refractivity contribution < 1.29 is 19.4 Å². The maximum atomic E-state index is 12.0. The molecule has 1 saturated heterocycles. The molecule has 0 aliphatic carbocycles. The lowest BCUT2D eigenvalue weighted by atomic mass is 9.99. The van der Waals surface area contributed by atoms with E-state index < -0.39 is 17.5 Å². The lowest BCUT2D eigenvalue weighted by Gasteiger charge is -2.25. The number of hydrogen-bond donors (Lipinski definition) is 3. The minimum atomic E-state index is -1.31. The minimum absolute atomic E-state index is 0.00280. The third-order valence-electron chi connectivity index (χ3n) is 3.55. The number of rotatable bonds is 5. The van der Waals surface area contributed by atoms with Gasteiger partial charge in [0.2, 0.25) is 0 Å². The van der Waals surface area contributed by atoms with Gasteiger partial charge < -0.3 is 20.5 Å². The van der Waals surface area contributed by atoms with Crippen LogP contribution in [0.3, 0.4) is 0 Å². The van der Waals surface area contributed by atoms with Crippen LogP contribution in [-0.2, 0) is 16.0 Å². The minimum Gasteiger partial charge on any atom is -0.479 e. The Labute approximate surface area is 123 Å². The van der Waals surface area contributed by atoms with Crippen molar-refractivity contribution in [2.75, 3.05) is 13.2 Å². The molecular formula is C15H20N2O4. The third-order valence-corrected chi connectivity index (χ3v) is 3.55. The molecule has 1 fully saturated rings. The quantitative estimate of drug-likeness (QED) is 0.760. The van der Waals surface area contributed by atoms with Crippen molar-refractivity contribution in [3.05, 3.63) is 35.9 Å². The molecular weight excluding hydrogens is 272 g/mol. The molecule has 1 aliphatic heterocycles. The second kappa shape index (κ2) is 6.58. The van der Waals surface area contributed by atoms with E-state index in [1.54, 1.807) is 0 Å². The van der Waals surface area contributed by atoms with E-state index in [1.807, 2.05) is 37.3 Å². The standard InChI is InChI=1S/C15H20N2O4/c1-11(9-12-5-3-2-4-6-12)16-14(20)17-15(13(18)19)7-8-21-10-15/h2-6,11H,7-10H2,1H3,(H,18,19)(H2,16,17,20). The average molecular weight is 292 g/mol. The monoisotopic (exact) mass is 292 g/mol. The second-order valence-electron chi connectivity index (χ2n) is 5.38. The number of nitrogens with one attached hydrogen (secondary N) is 2. The van der Waals surface area contributed by atoms with Crippen LogP contribution < -0.4 is 10.6 Å². The zero-order valence-electron chi connectivity index (χ0n) is 12.0. The van der Waals surface area contributed by atoms with E-state index in [0.29, 0.717) is 13.0 Å². The molecule has 0 bridgehead atoms. The molecule has 3 N–H and O–H groups in total. The predicted molar refractivity (Wildman–Crippen MR) is 77.1 cm³/mol. The van der Waals surface area contributed by atoms with E-state index in [0.717, 1.165) is 5.56 Å². The summed E-state index contributed by atoms with van der Waals surface area (Å²) in [7, 11) is 0. The number of hydrogen-bond acceptors (Lipinski definition) is 3. The molecule has 0 spiro atoms. The van der Waals surface area contributed by atoms with Gasteiger partial charge in [-0.2, -0.15) is 0 Å². The largest absolute Gasteiger partial charge is 0.479 e. The molecule has 114 valence electrons. The highest BCUT2D eigenvalue weighted by Crippen LogP contribution is 2.18. The van der Waals surface area contributed by atoms with Crippen molar-refractivity contribution in [3.63, 3.8) is 0 Å². The molecule has 0 radical (unpaired) electrons. The highest BCUT2D eigenvalue weighted by atomic mass is 16.5. The molecule has 21 heavy (non-hydrogen) atoms. The molecule has 0 aromatic heterocycles. The van der Waals surface area contributed by atoms with Crippen molar-refractivity contribution in [3.8, 4) is 0 Å². The Morgan fingerprint density at radius 2 is 2.10 bits per heavy atom. The first kappa shape index (κ1) is 15.3. The van der Waals surface area contributed by atoms with Gasteiger partial charge in [-0.3, -0.25) is 0 Å². The number of carbonyl (C=O) groups excluding carboxylic acids is 1. The topological polar surface area (TPSA) is 87.7 Å². The number of amides is 2. The summed E-state index contributed by atoms with van der Waals surface area (Å²) in [4.78, 5) is 23.3. The molecule has 1 heterocycles. The Hall–Kier alpha value is -2.08. The number of ether oxygens (including phenoxy) is 1. The van der Waals surface area contributed by atoms with E-state index in [-0.39, 0.29) is 19.1 Å². The van der Waals surface area contributed by atoms with Crippen LogP contribution in [0.5, 0.6) is 0 Å². The van der Waals surface area contributed by atoms with Crippen molar-refractivity contribution in [2.45, 2.75) is 31.3 Å². The van der Waals surface area contributed by atoms with Crippen LogP contribution in [0.4, 0.5) is 4.79 Å². The molecule has 6 nitrogen and oxygen atoms in total. The Bertz CT molecular complexity index is 498. The van der Waals surface area contributed by atoms with E-state index in [1.165, 1.54) is 0 Å². The number of carboxylic acid groups (broad SMARTS) is 1. The number of aliphatic carboxylic acids is 1. The lowest BCUT2D eigenvalue weighted by Crippen LogP contribution is -2.58. The summed E-state index contributed by atoms with van der Waals surface area (Å²) in [5.74, 6) is -1.06. The summed E-state index contributed by atoms with van der Waals surface area (Å²) < 4.78 is 5.10. The Morgan fingerprint density at radius 3 is 2.67 bits per heavy atom. The van der Waals surface area contributed by atoms with Crippen LogP contribution in [0, 0.1) is 0 Å². The molecule has 2 rings (SSSR count). The maximum absolute atomic E-state index is 12.0. The highest BCUT2D eigenvalue weighted by molar-refractivity contribution is 5.86. The van der Waals surface area contributed by atoms with Crippen LogP contribution in [0.15, 0.2) is 30.3 Å². The molecule has 0 saturated carbocycles. The van der Waals surface area contributed by atoms with Crippen molar-refractivity contribution in [2.24, 2.45) is 0 Å². The number of urea groups is 1. The fourth-order valence-electron chi connectivity index (χ4n) is 2.38. The molecule has 2 amide bonds. The fourth-order valence-corrected chi connectivity index (χ4v) is 2.38. The summed E-state index contributed by atoms with van der Waals surface area (Å²) in [5.41, 5.74) is -0.196. The molecule has 2 unspecified atom stereocenters. The summed E-state index contributed by atoms with van der Waals surface area (Å²) in [6, 6.07) is 9.21. The van der Waals surface area contributed by atoms with Crippen LogP contribution >= 0.6 is 0 Å². The van der Waals surface area contributed by atoms with E-state index >= 15 is 0 Å². The maximum Gasteiger partial charge on any atom is 0.332 e. The first-order valence-electron chi connectivity index (χ1n) is 6.95. The zero-order valence-corrected chi connectivity index (χ0v) is 12.0. The first-order chi connectivity index (χ1) is 10.0. The summed E-state index contributed by atoms with van der Waals surface area (Å²) in [6.45, 7) is 2.22. The van der Waals surface area contributed by atoms with Crippen molar-refractivity contribution in [1.82, 2.24) is 10.6 Å². The van der Waals surface area contributed by atoms with Gasteiger partial charge >= 0.3 is 12.0 Å². The van der Waals surface area contributed by atoms with Crippen LogP contribution in [0.25, 0.3) is 0 Å². The SMILES string of the molecule is CC(Cc1ccccc1)NC(=O)NC1(C(=O)O)CCOC1. The Kier molecular flexibility index (Phi) is 4.80. The van der Waals surface area contributed by atoms with Crippen LogP contribution in [0.2, 0.25) is 0 Å². The third kappa shape index (κ3) is 3.95. The summed E-state index contributed by atoms with van der Waals surface area (Å²) >= 11 is 0. The first-order valence-corrected chi connectivity index (χ1v) is 6.95. The highest BCUT2D eigenvalue weighted by Gasteiger charge is 2.44. The molecule has 1 aliphatic rings.